The molecule has 1 atom stereocenters. The molecule has 0 spiro atoms. The molecule has 5 nitrogen and oxygen atoms in total. The zero-order valence-corrected chi connectivity index (χ0v) is 11.5. The Kier molecular flexibility index (Phi) is 6.43. The molecule has 5 heteroatoms. The van der Waals surface area contributed by atoms with Crippen molar-refractivity contribution in [2.75, 3.05) is 18.5 Å². The molecule has 0 bridgehead atoms. The van der Waals surface area contributed by atoms with Crippen LogP contribution in [0.5, 0.6) is 0 Å². The molecular weight excluding hydrogens is 230 g/mol. The summed E-state index contributed by atoms with van der Waals surface area (Å²) in [7, 11) is 0. The highest BCUT2D eigenvalue weighted by atomic mass is 16.5. The molecule has 0 saturated heterocycles. The Morgan fingerprint density at radius 1 is 1.56 bits per heavy atom. The zero-order chi connectivity index (χ0) is 13.4. The molecule has 1 N–H and O–H groups in total. The number of nitrogens with one attached hydrogen (secondary N) is 1. The predicted octanol–water partition coefficient (Wildman–Crippen LogP) is 2.61. The fraction of sp³-hybridized carbons (Fsp3) is 0.692. The van der Waals surface area contributed by atoms with Crippen molar-refractivity contribution in [2.45, 2.75) is 46.1 Å². The highest BCUT2D eigenvalue weighted by Crippen LogP contribution is 2.16. The molecule has 0 radical (unpaired) electrons. The number of hydrogen-bond donors (Lipinski definition) is 1. The normalized spacial score (nSPS) is 12.4. The van der Waals surface area contributed by atoms with E-state index in [9.17, 15) is 4.79 Å². The minimum atomic E-state index is -0.129. The van der Waals surface area contributed by atoms with Gasteiger partial charge in [-0.15, -0.1) is 0 Å². The molecule has 1 aromatic heterocycles. The molecule has 0 aliphatic rings. The smallest absolute Gasteiger partial charge is 0.251 e. The van der Waals surface area contributed by atoms with Gasteiger partial charge < -0.3 is 10.1 Å². The number of anilines is 1. The summed E-state index contributed by atoms with van der Waals surface area (Å²) in [5.41, 5.74) is 0. The number of aromatic nitrogens is 2. The lowest BCUT2D eigenvalue weighted by Gasteiger charge is -2.14. The second-order valence-corrected chi connectivity index (χ2v) is 4.37. The Bertz CT molecular complexity index is 363. The Morgan fingerprint density at radius 3 is 3.00 bits per heavy atom. The van der Waals surface area contributed by atoms with Gasteiger partial charge in [0.1, 0.15) is 12.4 Å². The van der Waals surface area contributed by atoms with E-state index >= 15 is 0 Å². The minimum absolute atomic E-state index is 0.103. The van der Waals surface area contributed by atoms with Gasteiger partial charge in [0.2, 0.25) is 0 Å². The fourth-order valence-electron chi connectivity index (χ4n) is 1.53. The standard InChI is InChI=1S/C13H23N3O2/c1-4-6-9-18-10-13(17)15-12-7-8-14-16(12)11(3)5-2/h7-8,11H,4-6,9-10H2,1-3H3,(H,15,17)/t11-/m1/s1. The van der Waals surface area contributed by atoms with Gasteiger partial charge in [0.25, 0.3) is 5.91 Å². The third-order valence-electron chi connectivity index (χ3n) is 2.82. The molecule has 102 valence electrons. The van der Waals surface area contributed by atoms with E-state index in [1.807, 2.05) is 4.68 Å². The van der Waals surface area contributed by atoms with E-state index in [0.717, 1.165) is 25.1 Å². The molecule has 0 fully saturated rings. The maximum Gasteiger partial charge on any atom is 0.251 e. The average molecular weight is 253 g/mol. The number of nitrogens with zero attached hydrogens (tertiary/aromatic N) is 2. The minimum Gasteiger partial charge on any atom is -0.372 e. The zero-order valence-electron chi connectivity index (χ0n) is 11.5. The molecule has 1 aromatic rings. The number of rotatable bonds is 8. The van der Waals surface area contributed by atoms with Gasteiger partial charge in [-0.1, -0.05) is 20.3 Å². The summed E-state index contributed by atoms with van der Waals surface area (Å²) in [5, 5.41) is 7.03. The van der Waals surface area contributed by atoms with E-state index in [-0.39, 0.29) is 18.6 Å². The van der Waals surface area contributed by atoms with E-state index in [0.29, 0.717) is 6.61 Å². The second-order valence-electron chi connectivity index (χ2n) is 4.37. The van der Waals surface area contributed by atoms with Crippen LogP contribution in [-0.4, -0.2) is 28.9 Å². The van der Waals surface area contributed by atoms with E-state index in [2.05, 4.69) is 31.2 Å². The lowest BCUT2D eigenvalue weighted by molar-refractivity contribution is -0.120. The molecule has 0 aliphatic carbocycles. The van der Waals surface area contributed by atoms with Crippen molar-refractivity contribution in [3.63, 3.8) is 0 Å². The highest BCUT2D eigenvalue weighted by Gasteiger charge is 2.10. The second kappa shape index (κ2) is 7.87. The van der Waals surface area contributed by atoms with Gasteiger partial charge in [-0.2, -0.15) is 5.10 Å². The first-order valence-electron chi connectivity index (χ1n) is 6.60. The molecule has 0 unspecified atom stereocenters. The van der Waals surface area contributed by atoms with Gasteiger partial charge in [0.15, 0.2) is 0 Å². The van der Waals surface area contributed by atoms with Crippen LogP contribution in [0.3, 0.4) is 0 Å². The monoisotopic (exact) mass is 253 g/mol. The predicted molar refractivity (Wildman–Crippen MR) is 71.6 cm³/mol. The van der Waals surface area contributed by atoms with Gasteiger partial charge in [0, 0.05) is 12.7 Å². The number of amides is 1. The lowest BCUT2D eigenvalue weighted by atomic mass is 10.3. The number of carbonyl (C=O) groups excluding carboxylic acids is 1. The summed E-state index contributed by atoms with van der Waals surface area (Å²) in [6.45, 7) is 6.99. The Balaban J connectivity index is 2.42. The number of carbonyl (C=O) groups is 1. The molecule has 1 heterocycles. The number of ether oxygens (including phenoxy) is 1. The molecule has 0 aromatic carbocycles. The van der Waals surface area contributed by atoms with Gasteiger partial charge in [-0.25, -0.2) is 4.68 Å². The molecule has 1 amide bonds. The van der Waals surface area contributed by atoms with Crippen LogP contribution in [0.25, 0.3) is 0 Å². The van der Waals surface area contributed by atoms with E-state index in [4.69, 9.17) is 4.74 Å². The van der Waals surface area contributed by atoms with Crippen molar-refractivity contribution in [1.82, 2.24) is 9.78 Å². The van der Waals surface area contributed by atoms with E-state index in [1.165, 1.54) is 0 Å². The van der Waals surface area contributed by atoms with Crippen molar-refractivity contribution in [1.29, 1.82) is 0 Å². The lowest BCUT2D eigenvalue weighted by Crippen LogP contribution is -2.21. The summed E-state index contributed by atoms with van der Waals surface area (Å²) in [6.07, 6.45) is 4.72. The summed E-state index contributed by atoms with van der Waals surface area (Å²) < 4.78 is 7.09. The number of unbranched alkanes of at least 4 members (excludes halogenated alkanes) is 1. The molecular formula is C13H23N3O2. The maximum atomic E-state index is 11.7. The van der Waals surface area contributed by atoms with Crippen LogP contribution in [0.2, 0.25) is 0 Å². The summed E-state index contributed by atoms with van der Waals surface area (Å²) in [6, 6.07) is 2.08. The van der Waals surface area contributed by atoms with Crippen LogP contribution in [0.15, 0.2) is 12.3 Å². The first-order valence-corrected chi connectivity index (χ1v) is 6.60. The third kappa shape index (κ3) is 4.49. The average Bonchev–Trinajstić information content (AvgIpc) is 2.82. The van der Waals surface area contributed by atoms with Gasteiger partial charge in [-0.3, -0.25) is 4.79 Å². The summed E-state index contributed by atoms with van der Waals surface area (Å²) in [4.78, 5) is 11.7. The van der Waals surface area contributed by atoms with Crippen LogP contribution in [-0.2, 0) is 9.53 Å². The topological polar surface area (TPSA) is 56.1 Å². The van der Waals surface area contributed by atoms with Crippen LogP contribution < -0.4 is 5.32 Å². The van der Waals surface area contributed by atoms with Crippen molar-refractivity contribution in [3.05, 3.63) is 12.3 Å². The largest absolute Gasteiger partial charge is 0.372 e. The summed E-state index contributed by atoms with van der Waals surface area (Å²) in [5.74, 6) is 0.601. The molecule has 18 heavy (non-hydrogen) atoms. The fourth-order valence-corrected chi connectivity index (χ4v) is 1.53. The van der Waals surface area contributed by atoms with Crippen molar-refractivity contribution in [3.8, 4) is 0 Å². The van der Waals surface area contributed by atoms with Crippen molar-refractivity contribution < 1.29 is 9.53 Å². The maximum absolute atomic E-state index is 11.7. The van der Waals surface area contributed by atoms with Crippen LogP contribution in [0.4, 0.5) is 5.82 Å². The Labute approximate surface area is 109 Å². The third-order valence-corrected chi connectivity index (χ3v) is 2.82. The van der Waals surface area contributed by atoms with Crippen LogP contribution in [0.1, 0.15) is 46.1 Å². The SMILES string of the molecule is CCCCOCC(=O)Nc1ccnn1[C@H](C)CC. The highest BCUT2D eigenvalue weighted by molar-refractivity contribution is 5.90. The van der Waals surface area contributed by atoms with Crippen molar-refractivity contribution in [2.24, 2.45) is 0 Å². The van der Waals surface area contributed by atoms with Gasteiger partial charge in [0.05, 0.1) is 12.2 Å². The first-order chi connectivity index (χ1) is 8.69. The molecule has 0 aliphatic heterocycles. The van der Waals surface area contributed by atoms with Gasteiger partial charge in [-0.05, 0) is 19.8 Å². The van der Waals surface area contributed by atoms with E-state index < -0.39 is 0 Å². The quantitative estimate of drug-likeness (QED) is 0.724. The van der Waals surface area contributed by atoms with Crippen LogP contribution in [0, 0.1) is 0 Å². The molecule has 0 saturated carbocycles. The van der Waals surface area contributed by atoms with Gasteiger partial charge >= 0.3 is 0 Å². The van der Waals surface area contributed by atoms with Crippen molar-refractivity contribution >= 4 is 11.7 Å². The first kappa shape index (κ1) is 14.7. The summed E-state index contributed by atoms with van der Waals surface area (Å²) >= 11 is 0. The number of hydrogen-bond acceptors (Lipinski definition) is 3. The Morgan fingerprint density at radius 2 is 2.33 bits per heavy atom. The van der Waals surface area contributed by atoms with Crippen LogP contribution >= 0.6 is 0 Å². The van der Waals surface area contributed by atoms with E-state index in [1.54, 1.807) is 12.3 Å². The molecule has 1 rings (SSSR count). The Hall–Kier alpha value is -1.36.